The molecule has 1 heterocycles. The Morgan fingerprint density at radius 1 is 0.782 bits per heavy atom. The molecule has 4 rings (SSSR count). The third kappa shape index (κ3) is 14.1. The van der Waals surface area contributed by atoms with E-state index in [-0.39, 0.29) is 45.0 Å². The molecule has 0 aliphatic heterocycles. The number of nitrogens with one attached hydrogen (secondary N) is 6. The molecular weight excluding hydrogens is 716 g/mol. The molecule has 1 atom stereocenters. The third-order valence-corrected chi connectivity index (χ3v) is 7.76. The summed E-state index contributed by atoms with van der Waals surface area (Å²) in [5.74, 6) is -3.63. The number of amides is 4. The maximum atomic E-state index is 13.2. The molecule has 18 nitrogen and oxygen atoms in total. The van der Waals surface area contributed by atoms with E-state index in [1.165, 1.54) is 0 Å². The van der Waals surface area contributed by atoms with Crippen molar-refractivity contribution in [1.82, 2.24) is 36.9 Å². The molecule has 4 aromatic rings. The van der Waals surface area contributed by atoms with Gasteiger partial charge in [-0.2, -0.15) is 0 Å². The van der Waals surface area contributed by atoms with Gasteiger partial charge in [-0.25, -0.2) is 25.2 Å². The van der Waals surface area contributed by atoms with E-state index in [2.05, 4.69) is 37.0 Å². The summed E-state index contributed by atoms with van der Waals surface area (Å²) in [5.41, 5.74) is 12.6. The molecule has 1 aromatic heterocycles. The molecule has 0 aliphatic carbocycles. The minimum atomic E-state index is -1.32. The van der Waals surface area contributed by atoms with Gasteiger partial charge in [0.15, 0.2) is 0 Å². The first kappa shape index (κ1) is 40.7. The van der Waals surface area contributed by atoms with Crippen molar-refractivity contribution in [3.8, 4) is 0 Å². The lowest BCUT2D eigenvalue weighted by molar-refractivity contribution is -0.148. The van der Waals surface area contributed by atoms with Crippen LogP contribution in [-0.4, -0.2) is 89.7 Å². The van der Waals surface area contributed by atoms with Gasteiger partial charge in [0, 0.05) is 23.6 Å². The number of guanidine groups is 1. The van der Waals surface area contributed by atoms with Crippen molar-refractivity contribution in [3.63, 3.8) is 0 Å². The van der Waals surface area contributed by atoms with Crippen LogP contribution in [0.25, 0.3) is 10.9 Å². The Morgan fingerprint density at radius 3 is 1.95 bits per heavy atom. The lowest BCUT2D eigenvalue weighted by atomic mass is 10.1. The van der Waals surface area contributed by atoms with Crippen molar-refractivity contribution < 1.29 is 48.1 Å². The van der Waals surface area contributed by atoms with Crippen LogP contribution in [0.4, 0.5) is 9.59 Å². The number of rotatable bonds is 16. The molecule has 18 heteroatoms. The van der Waals surface area contributed by atoms with Crippen LogP contribution in [0, 0.1) is 0 Å². The molecule has 55 heavy (non-hydrogen) atoms. The molecule has 0 radical (unpaired) electrons. The van der Waals surface area contributed by atoms with Crippen LogP contribution < -0.4 is 27.0 Å². The Kier molecular flexibility index (Phi) is 15.8. The molecule has 0 aliphatic rings. The highest BCUT2D eigenvalue weighted by Gasteiger charge is 2.25. The van der Waals surface area contributed by atoms with Gasteiger partial charge in [-0.15, -0.1) is 0 Å². The SMILES string of the molecule is COC(=O)[C@H](CCCN=C(NNC(=O)OCc1ccccc1)NNC(=O)OCc1ccccc1)NC(=O)CN(CC(=O)O)C(=O)Cc1c[nH]c2ccccc12. The van der Waals surface area contributed by atoms with Crippen molar-refractivity contribution in [3.05, 3.63) is 108 Å². The first-order chi connectivity index (χ1) is 26.6. The second-order valence-corrected chi connectivity index (χ2v) is 11.8. The fourth-order valence-corrected chi connectivity index (χ4v) is 5.09. The van der Waals surface area contributed by atoms with Crippen LogP contribution in [0.3, 0.4) is 0 Å². The molecule has 0 spiro atoms. The highest BCUT2D eigenvalue weighted by atomic mass is 16.6. The van der Waals surface area contributed by atoms with E-state index in [0.717, 1.165) is 34.0 Å². The van der Waals surface area contributed by atoms with Gasteiger partial charge in [0.2, 0.25) is 17.8 Å². The predicted octanol–water partition coefficient (Wildman–Crippen LogP) is 2.28. The molecule has 290 valence electrons. The summed E-state index contributed by atoms with van der Waals surface area (Å²) in [6.07, 6.45) is -0.0358. The molecule has 7 N–H and O–H groups in total. The average molecular weight is 759 g/mol. The standard InChI is InChI=1S/C37H42N8O10/c1-53-34(50)30(40-31(46)21-45(22-33(48)49)32(47)19-27-20-39-29-16-9-8-15-28(27)29)17-10-18-38-35(41-43-36(51)54-23-25-11-4-2-5-12-25)42-44-37(52)55-24-26-13-6-3-7-14-26/h2-9,11-16,20,30,39H,10,17-19,21-24H2,1H3,(H,40,46)(H,43,51)(H,44,52)(H,48,49)(H2,38,41,42)/t30-/m0/s1. The van der Waals surface area contributed by atoms with E-state index >= 15 is 0 Å². The minimum absolute atomic E-state index is 0.00553. The number of H-pyrrole nitrogens is 1. The maximum Gasteiger partial charge on any atom is 0.426 e. The molecule has 3 aromatic carbocycles. The van der Waals surface area contributed by atoms with E-state index < -0.39 is 55.1 Å². The molecule has 0 unspecified atom stereocenters. The zero-order valence-electron chi connectivity index (χ0n) is 29.9. The monoisotopic (exact) mass is 758 g/mol. The number of nitrogens with zero attached hydrogens (tertiary/aromatic N) is 2. The van der Waals surface area contributed by atoms with E-state index in [0.29, 0.717) is 5.56 Å². The third-order valence-electron chi connectivity index (χ3n) is 7.76. The van der Waals surface area contributed by atoms with E-state index in [9.17, 15) is 33.9 Å². The van der Waals surface area contributed by atoms with Gasteiger partial charge in [0.1, 0.15) is 32.3 Å². The number of aromatic nitrogens is 1. The number of carbonyl (C=O) groups excluding carboxylic acids is 5. The summed E-state index contributed by atoms with van der Waals surface area (Å²) in [4.78, 5) is 83.2. The lowest BCUT2D eigenvalue weighted by Gasteiger charge is -2.22. The van der Waals surface area contributed by atoms with Crippen LogP contribution >= 0.6 is 0 Å². The molecule has 0 saturated carbocycles. The van der Waals surface area contributed by atoms with Crippen molar-refractivity contribution in [2.75, 3.05) is 26.7 Å². The Balaban J connectivity index is 1.32. The van der Waals surface area contributed by atoms with Gasteiger partial charge in [0.05, 0.1) is 13.5 Å². The Labute approximate surface area is 315 Å². The quantitative estimate of drug-likeness (QED) is 0.0218. The van der Waals surface area contributed by atoms with Gasteiger partial charge < -0.3 is 34.5 Å². The fourth-order valence-electron chi connectivity index (χ4n) is 5.09. The van der Waals surface area contributed by atoms with Crippen molar-refractivity contribution >= 4 is 52.8 Å². The second-order valence-electron chi connectivity index (χ2n) is 11.8. The van der Waals surface area contributed by atoms with Crippen LogP contribution in [0.5, 0.6) is 0 Å². The zero-order chi connectivity index (χ0) is 39.4. The molecular formula is C37H42N8O10. The number of hydrogen-bond acceptors (Lipinski definition) is 10. The number of carboxylic acid groups (broad SMARTS) is 1. The first-order valence-corrected chi connectivity index (χ1v) is 17.0. The number of hydrazine groups is 2. The van der Waals surface area contributed by atoms with Gasteiger partial charge >= 0.3 is 24.1 Å². The highest BCUT2D eigenvalue weighted by Crippen LogP contribution is 2.19. The summed E-state index contributed by atoms with van der Waals surface area (Å²) in [6.45, 7) is -1.39. The molecule has 4 amide bonds. The number of hydrogen-bond donors (Lipinski definition) is 7. The van der Waals surface area contributed by atoms with E-state index in [1.54, 1.807) is 60.8 Å². The number of benzene rings is 3. The number of ether oxygens (including phenoxy) is 3. The first-order valence-electron chi connectivity index (χ1n) is 17.0. The second kappa shape index (κ2) is 21.4. The largest absolute Gasteiger partial charge is 0.480 e. The number of carboxylic acids is 1. The Bertz CT molecular complexity index is 1880. The van der Waals surface area contributed by atoms with Crippen LogP contribution in [-0.2, 0) is 53.0 Å². The van der Waals surface area contributed by atoms with Crippen LogP contribution in [0.2, 0.25) is 0 Å². The number of aromatic amines is 1. The van der Waals surface area contributed by atoms with Gasteiger partial charge in [-0.05, 0) is 35.6 Å². The molecule has 0 fully saturated rings. The number of para-hydroxylation sites is 1. The zero-order valence-corrected chi connectivity index (χ0v) is 29.9. The fraction of sp³-hybridized carbons (Fsp3) is 0.270. The van der Waals surface area contributed by atoms with E-state index in [4.69, 9.17) is 14.2 Å². The van der Waals surface area contributed by atoms with Crippen molar-refractivity contribution in [2.45, 2.75) is 38.5 Å². The normalized spacial score (nSPS) is 10.9. The predicted molar refractivity (Wildman–Crippen MR) is 197 cm³/mol. The number of aliphatic carboxylic acids is 1. The topological polar surface area (TPSA) is 242 Å². The average Bonchev–Trinajstić information content (AvgIpc) is 3.60. The number of aliphatic imine (C=N–C) groups is 1. The summed E-state index contributed by atoms with van der Waals surface area (Å²) < 4.78 is 15.2. The number of esters is 1. The lowest BCUT2D eigenvalue weighted by Crippen LogP contribution is -2.53. The van der Waals surface area contributed by atoms with Crippen molar-refractivity contribution in [1.29, 1.82) is 0 Å². The summed E-state index contributed by atoms with van der Waals surface area (Å²) in [6, 6.07) is 24.1. The van der Waals surface area contributed by atoms with Gasteiger partial charge in [-0.3, -0.25) is 30.2 Å². The molecule has 0 bridgehead atoms. The van der Waals surface area contributed by atoms with Crippen molar-refractivity contribution in [2.24, 2.45) is 4.99 Å². The molecule has 0 saturated heterocycles. The summed E-state index contributed by atoms with van der Waals surface area (Å²) >= 11 is 0. The Morgan fingerprint density at radius 2 is 1.36 bits per heavy atom. The Hall–Kier alpha value is -7.11. The summed E-state index contributed by atoms with van der Waals surface area (Å²) in [5, 5.41) is 12.7. The van der Waals surface area contributed by atoms with Gasteiger partial charge in [-0.1, -0.05) is 78.9 Å². The number of methoxy groups -OCH3 is 1. The highest BCUT2D eigenvalue weighted by molar-refractivity contribution is 5.93. The van der Waals surface area contributed by atoms with Crippen LogP contribution in [0.15, 0.2) is 96.1 Å². The number of carbonyl (C=O) groups is 6. The van der Waals surface area contributed by atoms with E-state index in [1.807, 2.05) is 30.3 Å². The summed E-state index contributed by atoms with van der Waals surface area (Å²) in [7, 11) is 1.14. The van der Waals surface area contributed by atoms with Crippen LogP contribution in [0.1, 0.15) is 29.5 Å². The maximum absolute atomic E-state index is 13.2. The minimum Gasteiger partial charge on any atom is -0.480 e. The smallest absolute Gasteiger partial charge is 0.426 e. The number of fused-ring (bicyclic) bond motifs is 1. The van der Waals surface area contributed by atoms with Gasteiger partial charge in [0.25, 0.3) is 0 Å².